The topological polar surface area (TPSA) is 95.5 Å². The molecule has 2 aromatic carbocycles. The molecule has 36 heavy (non-hydrogen) atoms. The van der Waals surface area contributed by atoms with Crippen molar-refractivity contribution in [2.75, 3.05) is 13.7 Å². The summed E-state index contributed by atoms with van der Waals surface area (Å²) in [7, 11) is 1.60. The third-order valence-corrected chi connectivity index (χ3v) is 6.84. The lowest BCUT2D eigenvalue weighted by molar-refractivity contribution is -0.139. The van der Waals surface area contributed by atoms with Crippen molar-refractivity contribution in [1.29, 1.82) is 0 Å². The number of ketones is 1. The van der Waals surface area contributed by atoms with Crippen LogP contribution in [0.25, 0.3) is 16.7 Å². The molecule has 9 heteroatoms. The van der Waals surface area contributed by atoms with Crippen LogP contribution >= 0.6 is 23.2 Å². The standard InChI is InChI=1S/C27H21Cl2N3O4/c1-36-17-6-8-21-19(13-17)15(14-31-21)9-11-32-24(22-4-2-3-10-30-22)23(26(34)27(32)35)25(33)18-7-5-16(28)12-20(18)29/h2-8,10,12-14,24,31,33H,9,11H2,1H3/t24-/m1/s1. The summed E-state index contributed by atoms with van der Waals surface area (Å²) >= 11 is 12.3. The van der Waals surface area contributed by atoms with Gasteiger partial charge in [0.25, 0.3) is 11.7 Å². The minimum Gasteiger partial charge on any atom is -0.507 e. The number of fused-ring (bicyclic) bond motifs is 1. The molecule has 0 unspecified atom stereocenters. The summed E-state index contributed by atoms with van der Waals surface area (Å²) in [6, 6.07) is 14.6. The molecule has 2 N–H and O–H groups in total. The van der Waals surface area contributed by atoms with Crippen molar-refractivity contribution in [2.45, 2.75) is 12.5 Å². The fraction of sp³-hybridized carbons (Fsp3) is 0.148. The zero-order chi connectivity index (χ0) is 25.4. The number of hydrogen-bond acceptors (Lipinski definition) is 5. The van der Waals surface area contributed by atoms with Gasteiger partial charge in [-0.15, -0.1) is 0 Å². The maximum atomic E-state index is 13.2. The second-order valence-corrected chi connectivity index (χ2v) is 9.19. The average molecular weight is 522 g/mol. The second-order valence-electron chi connectivity index (χ2n) is 8.35. The largest absolute Gasteiger partial charge is 0.507 e. The molecule has 1 amide bonds. The fourth-order valence-electron chi connectivity index (χ4n) is 4.51. The normalized spacial score (nSPS) is 17.2. The molecule has 0 spiro atoms. The van der Waals surface area contributed by atoms with Gasteiger partial charge in [-0.05, 0) is 60.5 Å². The number of nitrogens with zero attached hydrogens (tertiary/aromatic N) is 2. The van der Waals surface area contributed by atoms with Crippen molar-refractivity contribution in [2.24, 2.45) is 0 Å². The maximum absolute atomic E-state index is 13.2. The molecule has 7 nitrogen and oxygen atoms in total. The number of methoxy groups -OCH3 is 1. The number of rotatable bonds is 6. The van der Waals surface area contributed by atoms with Crippen molar-refractivity contribution < 1.29 is 19.4 Å². The number of aromatic nitrogens is 2. The minimum atomic E-state index is -0.877. The number of carbonyl (C=O) groups excluding carboxylic acids is 2. The number of nitrogens with one attached hydrogen (secondary N) is 1. The van der Waals surface area contributed by atoms with Gasteiger partial charge in [-0.2, -0.15) is 0 Å². The number of hydrogen-bond donors (Lipinski definition) is 2. The van der Waals surface area contributed by atoms with Crippen LogP contribution in [0, 0.1) is 0 Å². The number of Topliss-reactive ketones (excluding diaryl/α,β-unsaturated/α-hetero) is 1. The third kappa shape index (κ3) is 4.21. The van der Waals surface area contributed by atoms with E-state index in [2.05, 4.69) is 9.97 Å². The Morgan fingerprint density at radius 3 is 2.69 bits per heavy atom. The average Bonchev–Trinajstić information content (AvgIpc) is 3.40. The van der Waals surface area contributed by atoms with Gasteiger partial charge in [-0.1, -0.05) is 29.3 Å². The smallest absolute Gasteiger partial charge is 0.295 e. The molecule has 1 aliphatic heterocycles. The predicted molar refractivity (Wildman–Crippen MR) is 138 cm³/mol. The molecule has 1 atom stereocenters. The van der Waals surface area contributed by atoms with Gasteiger partial charge in [0.1, 0.15) is 17.6 Å². The highest BCUT2D eigenvalue weighted by Crippen LogP contribution is 2.40. The van der Waals surface area contributed by atoms with Crippen LogP contribution in [0.5, 0.6) is 5.75 Å². The second kappa shape index (κ2) is 9.68. The monoisotopic (exact) mass is 521 g/mol. The van der Waals surface area contributed by atoms with E-state index in [4.69, 9.17) is 27.9 Å². The Morgan fingerprint density at radius 2 is 1.97 bits per heavy atom. The van der Waals surface area contributed by atoms with Gasteiger partial charge in [-0.3, -0.25) is 14.6 Å². The van der Waals surface area contributed by atoms with E-state index < -0.39 is 17.7 Å². The molecular formula is C27H21Cl2N3O4. The third-order valence-electron chi connectivity index (χ3n) is 6.29. The number of amides is 1. The number of likely N-dealkylation sites (tertiary alicyclic amines) is 1. The lowest BCUT2D eigenvalue weighted by atomic mass is 9.98. The summed E-state index contributed by atoms with van der Waals surface area (Å²) in [5, 5.41) is 12.7. The van der Waals surface area contributed by atoms with E-state index in [9.17, 15) is 14.7 Å². The first-order chi connectivity index (χ1) is 17.4. The van der Waals surface area contributed by atoms with E-state index in [1.165, 1.54) is 17.0 Å². The zero-order valence-electron chi connectivity index (χ0n) is 19.2. The Balaban J connectivity index is 1.56. The molecule has 0 bridgehead atoms. The van der Waals surface area contributed by atoms with Gasteiger partial charge >= 0.3 is 0 Å². The van der Waals surface area contributed by atoms with Crippen LogP contribution in [-0.2, 0) is 16.0 Å². The van der Waals surface area contributed by atoms with E-state index in [1.54, 1.807) is 37.6 Å². The van der Waals surface area contributed by atoms with E-state index in [0.29, 0.717) is 17.1 Å². The van der Waals surface area contributed by atoms with Crippen LogP contribution in [0.15, 0.2) is 72.6 Å². The van der Waals surface area contributed by atoms with Gasteiger partial charge in [0.15, 0.2) is 0 Å². The van der Waals surface area contributed by atoms with Gasteiger partial charge in [0, 0.05) is 40.4 Å². The number of aromatic amines is 1. The van der Waals surface area contributed by atoms with E-state index in [0.717, 1.165) is 22.2 Å². The fourth-order valence-corrected chi connectivity index (χ4v) is 5.01. The molecule has 3 heterocycles. The molecule has 1 fully saturated rings. The molecule has 0 saturated carbocycles. The van der Waals surface area contributed by atoms with Gasteiger partial charge in [0.05, 0.1) is 23.4 Å². The zero-order valence-corrected chi connectivity index (χ0v) is 20.7. The van der Waals surface area contributed by atoms with Gasteiger partial charge < -0.3 is 19.7 Å². The van der Waals surface area contributed by atoms with Crippen molar-refractivity contribution in [1.82, 2.24) is 14.9 Å². The maximum Gasteiger partial charge on any atom is 0.295 e. The number of H-pyrrole nitrogens is 1. The Kier molecular flexibility index (Phi) is 6.43. The summed E-state index contributed by atoms with van der Waals surface area (Å²) in [6.07, 6.45) is 3.92. The van der Waals surface area contributed by atoms with E-state index >= 15 is 0 Å². The van der Waals surface area contributed by atoms with Crippen LogP contribution in [0.3, 0.4) is 0 Å². The highest BCUT2D eigenvalue weighted by Gasteiger charge is 2.46. The first kappa shape index (κ1) is 23.9. The number of ether oxygens (including phenoxy) is 1. The summed E-state index contributed by atoms with van der Waals surface area (Å²) in [6.45, 7) is 0.223. The van der Waals surface area contributed by atoms with Crippen molar-refractivity contribution >= 4 is 51.6 Å². The number of carbonyl (C=O) groups is 2. The number of halogens is 2. The van der Waals surface area contributed by atoms with Gasteiger partial charge in [-0.25, -0.2) is 0 Å². The minimum absolute atomic E-state index is 0.0662. The van der Waals surface area contributed by atoms with E-state index in [-0.39, 0.29) is 28.5 Å². The first-order valence-corrected chi connectivity index (χ1v) is 11.9. The highest BCUT2D eigenvalue weighted by atomic mass is 35.5. The molecule has 1 aliphatic rings. The lowest BCUT2D eigenvalue weighted by Crippen LogP contribution is -2.32. The molecule has 1 saturated heterocycles. The highest BCUT2D eigenvalue weighted by molar-refractivity contribution is 6.47. The Bertz CT molecular complexity index is 1510. The van der Waals surface area contributed by atoms with Crippen LogP contribution < -0.4 is 4.74 Å². The SMILES string of the molecule is COc1ccc2[nH]cc(CCN3C(=O)C(=O)C(=C(O)c4ccc(Cl)cc4Cl)[C@H]3c3ccccn3)c2c1. The van der Waals surface area contributed by atoms with Crippen LogP contribution in [0.1, 0.15) is 22.9 Å². The molecule has 182 valence electrons. The molecular weight excluding hydrogens is 501 g/mol. The number of pyridine rings is 1. The molecule has 5 rings (SSSR count). The molecule has 0 aliphatic carbocycles. The van der Waals surface area contributed by atoms with Crippen LogP contribution in [0.4, 0.5) is 0 Å². The number of benzene rings is 2. The van der Waals surface area contributed by atoms with Crippen molar-refractivity contribution in [3.05, 3.63) is 99.4 Å². The molecule has 2 aromatic heterocycles. The predicted octanol–water partition coefficient (Wildman–Crippen LogP) is 5.54. The quantitative estimate of drug-likeness (QED) is 0.197. The van der Waals surface area contributed by atoms with Crippen LogP contribution in [-0.4, -0.2) is 45.3 Å². The Hall–Kier alpha value is -3.81. The first-order valence-electron chi connectivity index (χ1n) is 11.2. The number of aliphatic hydroxyl groups excluding tert-OH is 1. The van der Waals surface area contributed by atoms with Crippen molar-refractivity contribution in [3.63, 3.8) is 0 Å². The summed E-state index contributed by atoms with van der Waals surface area (Å²) in [5.41, 5.74) is 2.51. The molecule has 0 radical (unpaired) electrons. The van der Waals surface area contributed by atoms with E-state index in [1.807, 2.05) is 24.4 Å². The van der Waals surface area contributed by atoms with Gasteiger partial charge in [0.2, 0.25) is 0 Å². The summed E-state index contributed by atoms with van der Waals surface area (Å²) in [4.78, 5) is 35.5. The number of aliphatic hydroxyl groups is 1. The lowest BCUT2D eigenvalue weighted by Gasteiger charge is -2.24. The van der Waals surface area contributed by atoms with Crippen LogP contribution in [0.2, 0.25) is 10.0 Å². The molecule has 4 aromatic rings. The summed E-state index contributed by atoms with van der Waals surface area (Å²) in [5.74, 6) is -1.16. The van der Waals surface area contributed by atoms with Crippen molar-refractivity contribution in [3.8, 4) is 5.75 Å². The Labute approximate surface area is 216 Å². The Morgan fingerprint density at radius 1 is 1.14 bits per heavy atom. The summed E-state index contributed by atoms with van der Waals surface area (Å²) < 4.78 is 5.35.